The number of benzene rings is 1. The smallest absolute Gasteiger partial charge is 0.269 e. The van der Waals surface area contributed by atoms with Crippen molar-refractivity contribution in [2.24, 2.45) is 5.92 Å². The highest BCUT2D eigenvalue weighted by molar-refractivity contribution is 5.92. The molecule has 0 radical (unpaired) electrons. The van der Waals surface area contributed by atoms with Crippen molar-refractivity contribution in [3.8, 4) is 0 Å². The lowest BCUT2D eigenvalue weighted by molar-refractivity contribution is 0.0921. The molecule has 2 N–H and O–H groups in total. The van der Waals surface area contributed by atoms with Crippen LogP contribution in [0.25, 0.3) is 0 Å². The molecular weight excluding hydrogens is 302 g/mol. The molecule has 6 nitrogen and oxygen atoms in total. The number of aromatic nitrogens is 2. The zero-order chi connectivity index (χ0) is 16.9. The van der Waals surface area contributed by atoms with Gasteiger partial charge in [0, 0.05) is 44.3 Å². The fourth-order valence-corrected chi connectivity index (χ4v) is 3.38. The van der Waals surface area contributed by atoms with Gasteiger partial charge in [0.25, 0.3) is 5.91 Å². The number of amides is 1. The second-order valence-electron chi connectivity index (χ2n) is 6.75. The first-order chi connectivity index (χ1) is 11.6. The Labute approximate surface area is 142 Å². The fourth-order valence-electron chi connectivity index (χ4n) is 3.38. The van der Waals surface area contributed by atoms with Crippen LogP contribution in [0.4, 0.5) is 0 Å². The molecule has 0 aliphatic carbocycles. The maximum absolute atomic E-state index is 12.3. The molecule has 3 rings (SSSR count). The van der Waals surface area contributed by atoms with Gasteiger partial charge in [-0.15, -0.1) is 0 Å². The van der Waals surface area contributed by atoms with Crippen molar-refractivity contribution in [3.63, 3.8) is 0 Å². The molecule has 2 heterocycles. The maximum atomic E-state index is 12.3. The number of H-pyrrole nitrogens is 1. The minimum absolute atomic E-state index is 0.0807. The summed E-state index contributed by atoms with van der Waals surface area (Å²) in [5.41, 5.74) is 1.82. The second-order valence-corrected chi connectivity index (χ2v) is 6.75. The molecule has 0 saturated carbocycles. The zero-order valence-corrected chi connectivity index (χ0v) is 14.3. The van der Waals surface area contributed by atoms with E-state index in [2.05, 4.69) is 63.7 Å². The average Bonchev–Trinajstić information content (AvgIpc) is 3.19. The number of carbonyl (C=O) groups excluding carboxylic acids is 1. The van der Waals surface area contributed by atoms with Gasteiger partial charge in [-0.3, -0.25) is 14.8 Å². The minimum Gasteiger partial charge on any atom is -0.346 e. The minimum atomic E-state index is -0.0807. The van der Waals surface area contributed by atoms with Gasteiger partial charge < -0.3 is 10.2 Å². The number of aromatic amines is 1. The van der Waals surface area contributed by atoms with Crippen molar-refractivity contribution in [1.82, 2.24) is 25.3 Å². The Balaban J connectivity index is 1.65. The van der Waals surface area contributed by atoms with Gasteiger partial charge in [-0.05, 0) is 25.7 Å². The molecule has 1 fully saturated rings. The number of hydrogen-bond acceptors (Lipinski definition) is 4. The van der Waals surface area contributed by atoms with E-state index in [9.17, 15) is 4.79 Å². The fraction of sp³-hybridized carbons (Fsp3) is 0.444. The Kier molecular flexibility index (Phi) is 5.27. The van der Waals surface area contributed by atoms with Crippen molar-refractivity contribution >= 4 is 5.91 Å². The van der Waals surface area contributed by atoms with Crippen molar-refractivity contribution < 1.29 is 4.79 Å². The summed E-state index contributed by atoms with van der Waals surface area (Å²) >= 11 is 0. The Morgan fingerprint density at radius 3 is 2.75 bits per heavy atom. The highest BCUT2D eigenvalue weighted by Gasteiger charge is 2.34. The summed E-state index contributed by atoms with van der Waals surface area (Å²) in [6.07, 6.45) is 1.60. The number of hydrogen-bond donors (Lipinski definition) is 2. The molecular formula is C18H25N5O. The molecule has 128 valence electrons. The third-order valence-electron chi connectivity index (χ3n) is 4.43. The number of carbonyl (C=O) groups is 1. The summed E-state index contributed by atoms with van der Waals surface area (Å²) in [5.74, 6) is 0.332. The van der Waals surface area contributed by atoms with Crippen LogP contribution >= 0.6 is 0 Å². The normalized spacial score (nSPS) is 21.3. The van der Waals surface area contributed by atoms with Gasteiger partial charge in [0.1, 0.15) is 5.69 Å². The van der Waals surface area contributed by atoms with Gasteiger partial charge in [0.2, 0.25) is 0 Å². The molecule has 6 heteroatoms. The van der Waals surface area contributed by atoms with Gasteiger partial charge >= 0.3 is 0 Å². The highest BCUT2D eigenvalue weighted by Crippen LogP contribution is 2.20. The lowest BCUT2D eigenvalue weighted by Gasteiger charge is -2.22. The van der Waals surface area contributed by atoms with Crippen molar-refractivity contribution in [2.45, 2.75) is 12.6 Å². The van der Waals surface area contributed by atoms with Crippen LogP contribution in [0.5, 0.6) is 0 Å². The van der Waals surface area contributed by atoms with Gasteiger partial charge in [0.15, 0.2) is 0 Å². The van der Waals surface area contributed by atoms with E-state index < -0.39 is 0 Å². The summed E-state index contributed by atoms with van der Waals surface area (Å²) in [5, 5.41) is 9.76. The van der Waals surface area contributed by atoms with Crippen LogP contribution in [0.3, 0.4) is 0 Å². The van der Waals surface area contributed by atoms with E-state index in [4.69, 9.17) is 0 Å². The molecule has 0 bridgehead atoms. The molecule has 1 amide bonds. The summed E-state index contributed by atoms with van der Waals surface area (Å²) in [4.78, 5) is 16.9. The van der Waals surface area contributed by atoms with E-state index in [0.717, 1.165) is 26.2 Å². The Bertz CT molecular complexity index is 641. The molecule has 24 heavy (non-hydrogen) atoms. The monoisotopic (exact) mass is 327 g/mol. The summed E-state index contributed by atoms with van der Waals surface area (Å²) in [6, 6.07) is 12.3. The third-order valence-corrected chi connectivity index (χ3v) is 4.43. The van der Waals surface area contributed by atoms with E-state index in [-0.39, 0.29) is 11.9 Å². The van der Waals surface area contributed by atoms with Crippen LogP contribution in [-0.2, 0) is 6.54 Å². The predicted molar refractivity (Wildman–Crippen MR) is 93.6 cm³/mol. The summed E-state index contributed by atoms with van der Waals surface area (Å²) < 4.78 is 0. The number of likely N-dealkylation sites (tertiary alicyclic amines) is 1. The summed E-state index contributed by atoms with van der Waals surface area (Å²) in [6.45, 7) is 3.73. The maximum Gasteiger partial charge on any atom is 0.269 e. The van der Waals surface area contributed by atoms with Crippen molar-refractivity contribution in [2.75, 3.05) is 33.7 Å². The van der Waals surface area contributed by atoms with Gasteiger partial charge in [0.05, 0.1) is 0 Å². The molecule has 1 aromatic carbocycles. The van der Waals surface area contributed by atoms with Crippen LogP contribution in [0.1, 0.15) is 16.1 Å². The molecule has 1 aliphatic heterocycles. The average molecular weight is 327 g/mol. The first-order valence-corrected chi connectivity index (χ1v) is 8.33. The molecule has 2 atom stereocenters. The van der Waals surface area contributed by atoms with Crippen molar-refractivity contribution in [3.05, 3.63) is 53.9 Å². The van der Waals surface area contributed by atoms with Gasteiger partial charge in [-0.1, -0.05) is 30.3 Å². The number of nitrogens with zero attached hydrogens (tertiary/aromatic N) is 3. The standard InChI is InChI=1S/C18H25N5O/c1-22(2)11-15-12-23(10-14-6-4-3-5-7-14)13-17(15)20-18(24)16-8-9-19-21-16/h3-9,15,17H,10-13H2,1-2H3,(H,19,21)(H,20,24)/t15-,17-/m1/s1. The lowest BCUT2D eigenvalue weighted by Crippen LogP contribution is -2.43. The zero-order valence-electron chi connectivity index (χ0n) is 14.3. The molecule has 1 aromatic heterocycles. The Hall–Kier alpha value is -2.18. The first-order valence-electron chi connectivity index (χ1n) is 8.33. The van der Waals surface area contributed by atoms with E-state index in [0.29, 0.717) is 11.6 Å². The van der Waals surface area contributed by atoms with Crippen LogP contribution in [0.15, 0.2) is 42.6 Å². The molecule has 0 unspecified atom stereocenters. The number of nitrogens with one attached hydrogen (secondary N) is 2. The van der Waals surface area contributed by atoms with E-state index in [1.54, 1.807) is 12.3 Å². The summed E-state index contributed by atoms with van der Waals surface area (Å²) in [7, 11) is 4.15. The SMILES string of the molecule is CN(C)C[C@@H]1CN(Cc2ccccc2)C[C@H]1NC(=O)c1ccn[nH]1. The second kappa shape index (κ2) is 7.59. The van der Waals surface area contributed by atoms with E-state index in [1.165, 1.54) is 5.56 Å². The largest absolute Gasteiger partial charge is 0.346 e. The topological polar surface area (TPSA) is 64.3 Å². The van der Waals surface area contributed by atoms with Crippen molar-refractivity contribution in [1.29, 1.82) is 0 Å². The van der Waals surface area contributed by atoms with Crippen LogP contribution < -0.4 is 5.32 Å². The molecule has 1 saturated heterocycles. The first kappa shape index (κ1) is 16.7. The lowest BCUT2D eigenvalue weighted by atomic mass is 10.0. The van der Waals surface area contributed by atoms with Crippen LogP contribution in [-0.4, -0.2) is 65.7 Å². The quantitative estimate of drug-likeness (QED) is 0.837. The Morgan fingerprint density at radius 1 is 1.29 bits per heavy atom. The van der Waals surface area contributed by atoms with Gasteiger partial charge in [-0.25, -0.2) is 0 Å². The van der Waals surface area contributed by atoms with E-state index >= 15 is 0 Å². The van der Waals surface area contributed by atoms with Crippen LogP contribution in [0, 0.1) is 5.92 Å². The van der Waals surface area contributed by atoms with E-state index in [1.807, 2.05) is 6.07 Å². The predicted octanol–water partition coefficient (Wildman–Crippen LogP) is 1.20. The Morgan fingerprint density at radius 2 is 2.08 bits per heavy atom. The van der Waals surface area contributed by atoms with Gasteiger partial charge in [-0.2, -0.15) is 5.10 Å². The molecule has 2 aromatic rings. The molecule has 1 aliphatic rings. The third kappa shape index (κ3) is 4.21. The van der Waals surface area contributed by atoms with Crippen LogP contribution in [0.2, 0.25) is 0 Å². The molecule has 0 spiro atoms. The number of rotatable bonds is 6. The highest BCUT2D eigenvalue weighted by atomic mass is 16.2.